The van der Waals surface area contributed by atoms with E-state index in [-0.39, 0.29) is 5.69 Å². The van der Waals surface area contributed by atoms with Gasteiger partial charge in [0.05, 0.1) is 18.8 Å². The van der Waals surface area contributed by atoms with Crippen LogP contribution in [0.2, 0.25) is 0 Å². The summed E-state index contributed by atoms with van der Waals surface area (Å²) in [5.41, 5.74) is 2.79. The van der Waals surface area contributed by atoms with E-state index in [2.05, 4.69) is 5.16 Å². The Morgan fingerprint density at radius 1 is 1.14 bits per heavy atom. The van der Waals surface area contributed by atoms with E-state index < -0.39 is 5.97 Å². The molecule has 22 heavy (non-hydrogen) atoms. The molecule has 4 rings (SSSR count). The minimum absolute atomic E-state index is 0.103. The zero-order valence-corrected chi connectivity index (χ0v) is 11.9. The van der Waals surface area contributed by atoms with Crippen molar-refractivity contribution in [3.63, 3.8) is 0 Å². The highest BCUT2D eigenvalue weighted by atomic mass is 16.5. The van der Waals surface area contributed by atoms with Gasteiger partial charge in [-0.15, -0.1) is 0 Å². The van der Waals surface area contributed by atoms with E-state index in [0.29, 0.717) is 19.0 Å². The molecule has 0 aliphatic carbocycles. The van der Waals surface area contributed by atoms with Crippen LogP contribution < -0.4 is 9.47 Å². The number of nitrogens with zero attached hydrogens (tertiary/aromatic N) is 1. The molecule has 1 aromatic carbocycles. The molecule has 6 heteroatoms. The van der Waals surface area contributed by atoms with Gasteiger partial charge in [-0.2, -0.15) is 0 Å². The molecular formula is C16H15NO5. The number of benzene rings is 1. The molecule has 114 valence electrons. The normalized spacial score (nSPS) is 16.2. The quantitative estimate of drug-likeness (QED) is 0.918. The first-order valence-electron chi connectivity index (χ1n) is 7.39. The van der Waals surface area contributed by atoms with Gasteiger partial charge >= 0.3 is 5.97 Å². The molecule has 2 aliphatic heterocycles. The molecule has 1 aromatic heterocycles. The fraction of sp³-hybridized carbons (Fsp3) is 0.375. The maximum Gasteiger partial charge on any atom is 0.358 e. The predicted molar refractivity (Wildman–Crippen MR) is 76.5 cm³/mol. The monoisotopic (exact) mass is 301 g/mol. The highest BCUT2D eigenvalue weighted by molar-refractivity contribution is 5.87. The van der Waals surface area contributed by atoms with E-state index >= 15 is 0 Å². The number of carboxylic acids is 1. The fourth-order valence-corrected chi connectivity index (χ4v) is 3.08. The van der Waals surface area contributed by atoms with Gasteiger partial charge in [0.25, 0.3) is 0 Å². The average Bonchev–Trinajstić information content (AvgIpc) is 3.02. The molecule has 2 aliphatic rings. The number of fused-ring (bicyclic) bond motifs is 2. The molecule has 2 aromatic rings. The highest BCUT2D eigenvalue weighted by Gasteiger charge is 2.28. The average molecular weight is 301 g/mol. The van der Waals surface area contributed by atoms with Crippen LogP contribution >= 0.6 is 0 Å². The summed E-state index contributed by atoms with van der Waals surface area (Å²) in [6.07, 6.45) is 3.64. The van der Waals surface area contributed by atoms with Crippen molar-refractivity contribution in [3.05, 3.63) is 29.0 Å². The Morgan fingerprint density at radius 2 is 1.95 bits per heavy atom. The van der Waals surface area contributed by atoms with Crippen molar-refractivity contribution in [2.45, 2.75) is 25.7 Å². The van der Waals surface area contributed by atoms with Gasteiger partial charge in [0.15, 0.2) is 11.5 Å². The van der Waals surface area contributed by atoms with E-state index in [4.69, 9.17) is 19.1 Å². The van der Waals surface area contributed by atoms with E-state index in [1.54, 1.807) is 0 Å². The zero-order chi connectivity index (χ0) is 15.1. The van der Waals surface area contributed by atoms with Crippen LogP contribution in [0.3, 0.4) is 0 Å². The summed E-state index contributed by atoms with van der Waals surface area (Å²) in [5.74, 6) is 0.950. The van der Waals surface area contributed by atoms with Crippen molar-refractivity contribution in [1.82, 2.24) is 5.16 Å². The summed E-state index contributed by atoms with van der Waals surface area (Å²) < 4.78 is 16.9. The third-order valence-electron chi connectivity index (χ3n) is 4.06. The molecule has 0 spiro atoms. The summed E-state index contributed by atoms with van der Waals surface area (Å²) in [4.78, 5) is 11.0. The Bertz CT molecular complexity index is 715. The fourth-order valence-electron chi connectivity index (χ4n) is 3.08. The largest absolute Gasteiger partial charge is 0.493 e. The Balaban J connectivity index is 1.93. The molecule has 0 unspecified atom stereocenters. The topological polar surface area (TPSA) is 81.8 Å². The minimum Gasteiger partial charge on any atom is -0.493 e. The number of aryl methyl sites for hydroxylation is 1. The molecule has 1 N–H and O–H groups in total. The van der Waals surface area contributed by atoms with Crippen LogP contribution in [-0.2, 0) is 12.8 Å². The first kappa shape index (κ1) is 13.2. The smallest absolute Gasteiger partial charge is 0.358 e. The molecular weight excluding hydrogens is 286 g/mol. The first-order valence-corrected chi connectivity index (χ1v) is 7.39. The summed E-state index contributed by atoms with van der Waals surface area (Å²) in [5, 5.41) is 12.7. The number of aromatic nitrogens is 1. The number of carbonyl (C=O) groups is 1. The van der Waals surface area contributed by atoms with Crippen molar-refractivity contribution < 1.29 is 23.9 Å². The molecule has 0 fully saturated rings. The lowest BCUT2D eigenvalue weighted by molar-refractivity contribution is 0.0686. The van der Waals surface area contributed by atoms with Gasteiger partial charge < -0.3 is 19.1 Å². The van der Waals surface area contributed by atoms with Gasteiger partial charge in [0, 0.05) is 11.6 Å². The van der Waals surface area contributed by atoms with Crippen LogP contribution in [0, 0.1) is 0 Å². The van der Waals surface area contributed by atoms with Crippen LogP contribution in [0.25, 0.3) is 11.3 Å². The SMILES string of the molecule is O=C(O)c1cc(-c2c3c(cc4c2OCCC4)OCCC3)on1. The van der Waals surface area contributed by atoms with Crippen molar-refractivity contribution >= 4 is 5.97 Å². The van der Waals surface area contributed by atoms with Crippen molar-refractivity contribution in [2.24, 2.45) is 0 Å². The molecule has 0 radical (unpaired) electrons. The second-order valence-corrected chi connectivity index (χ2v) is 5.50. The number of carboxylic acid groups (broad SMARTS) is 1. The number of hydrogen-bond acceptors (Lipinski definition) is 5. The van der Waals surface area contributed by atoms with Gasteiger partial charge in [0.2, 0.25) is 0 Å². The summed E-state index contributed by atoms with van der Waals surface area (Å²) in [6, 6.07) is 3.49. The number of hydrogen-bond donors (Lipinski definition) is 1. The lowest BCUT2D eigenvalue weighted by atomic mass is 9.92. The third-order valence-corrected chi connectivity index (χ3v) is 4.06. The maximum atomic E-state index is 11.0. The lowest BCUT2D eigenvalue weighted by Gasteiger charge is -2.26. The van der Waals surface area contributed by atoms with Crippen molar-refractivity contribution in [1.29, 1.82) is 0 Å². The summed E-state index contributed by atoms with van der Waals surface area (Å²) in [6.45, 7) is 1.35. The van der Waals surface area contributed by atoms with Gasteiger partial charge in [-0.25, -0.2) is 4.79 Å². The van der Waals surface area contributed by atoms with E-state index in [9.17, 15) is 4.79 Å². The van der Waals surface area contributed by atoms with E-state index in [0.717, 1.165) is 53.9 Å². The second-order valence-electron chi connectivity index (χ2n) is 5.50. The van der Waals surface area contributed by atoms with Crippen LogP contribution in [0.15, 0.2) is 16.7 Å². The molecule has 0 saturated carbocycles. The van der Waals surface area contributed by atoms with Crippen molar-refractivity contribution in [3.8, 4) is 22.8 Å². The number of aromatic carboxylic acids is 1. The summed E-state index contributed by atoms with van der Waals surface area (Å²) in [7, 11) is 0. The molecule has 3 heterocycles. The highest BCUT2D eigenvalue weighted by Crippen LogP contribution is 2.45. The standard InChI is InChI=1S/C16H15NO5/c18-16(19)11-8-13(22-17-11)14-10-4-2-5-20-12(10)7-9-3-1-6-21-15(9)14/h7-8H,1-6H2,(H,18,19). The van der Waals surface area contributed by atoms with Crippen LogP contribution in [0.1, 0.15) is 34.5 Å². The molecule has 0 amide bonds. The van der Waals surface area contributed by atoms with Crippen LogP contribution in [-0.4, -0.2) is 29.4 Å². The predicted octanol–water partition coefficient (Wildman–Crippen LogP) is 2.69. The Morgan fingerprint density at radius 3 is 2.77 bits per heavy atom. The molecule has 0 saturated heterocycles. The van der Waals surface area contributed by atoms with Gasteiger partial charge in [-0.1, -0.05) is 5.16 Å². The Kier molecular flexibility index (Phi) is 3.03. The number of rotatable bonds is 2. The number of ether oxygens (including phenoxy) is 2. The molecule has 0 atom stereocenters. The van der Waals surface area contributed by atoms with Crippen LogP contribution in [0.5, 0.6) is 11.5 Å². The summed E-state index contributed by atoms with van der Waals surface area (Å²) >= 11 is 0. The Labute approximate surface area is 126 Å². The second kappa shape index (κ2) is 5.05. The minimum atomic E-state index is -1.11. The van der Waals surface area contributed by atoms with E-state index in [1.165, 1.54) is 6.07 Å². The third kappa shape index (κ3) is 2.03. The van der Waals surface area contributed by atoms with Gasteiger partial charge in [-0.3, -0.25) is 0 Å². The van der Waals surface area contributed by atoms with Gasteiger partial charge in [-0.05, 0) is 37.3 Å². The van der Waals surface area contributed by atoms with E-state index in [1.807, 2.05) is 6.07 Å². The van der Waals surface area contributed by atoms with Crippen molar-refractivity contribution in [2.75, 3.05) is 13.2 Å². The lowest BCUT2D eigenvalue weighted by Crippen LogP contribution is -2.15. The van der Waals surface area contributed by atoms with Crippen LogP contribution in [0.4, 0.5) is 0 Å². The Hall–Kier alpha value is -2.50. The molecule has 6 nitrogen and oxygen atoms in total. The van der Waals surface area contributed by atoms with Gasteiger partial charge in [0.1, 0.15) is 11.5 Å². The molecule has 0 bridgehead atoms. The zero-order valence-electron chi connectivity index (χ0n) is 11.9. The first-order chi connectivity index (χ1) is 10.7. The maximum absolute atomic E-state index is 11.0.